The van der Waals surface area contributed by atoms with Crippen LogP contribution in [0.4, 0.5) is 0 Å². The average Bonchev–Trinajstić information content (AvgIpc) is 2.65. The lowest BCUT2D eigenvalue weighted by Gasteiger charge is -2.17. The molecule has 6 nitrogen and oxygen atoms in total. The van der Waals surface area contributed by atoms with Gasteiger partial charge in [-0.3, -0.25) is 9.78 Å². The fraction of sp³-hybridized carbons (Fsp3) is 0.333. The normalized spacial score (nSPS) is 11.5. The average molecular weight is 361 g/mol. The summed E-state index contributed by atoms with van der Waals surface area (Å²) >= 11 is 0. The molecule has 7 heteroatoms. The third-order valence-corrected chi connectivity index (χ3v) is 5.66. The minimum Gasteiger partial charge on any atom is -0.352 e. The number of carbonyl (C=O) groups excluding carboxylic acids is 1. The van der Waals surface area contributed by atoms with Crippen LogP contribution in [-0.2, 0) is 16.4 Å². The number of benzene rings is 1. The Hall–Kier alpha value is -2.25. The summed E-state index contributed by atoms with van der Waals surface area (Å²) < 4.78 is 26.8. The second-order valence-corrected chi connectivity index (χ2v) is 7.76. The van der Waals surface area contributed by atoms with E-state index >= 15 is 0 Å². The van der Waals surface area contributed by atoms with Crippen LogP contribution in [0.15, 0.2) is 53.7 Å². The highest BCUT2D eigenvalue weighted by atomic mass is 32.2. The molecule has 0 saturated carbocycles. The van der Waals surface area contributed by atoms with Crippen molar-refractivity contribution in [1.29, 1.82) is 0 Å². The Morgan fingerprint density at radius 1 is 1.20 bits per heavy atom. The van der Waals surface area contributed by atoms with Crippen LogP contribution in [0, 0.1) is 0 Å². The summed E-state index contributed by atoms with van der Waals surface area (Å²) in [6, 6.07) is 9.85. The second kappa shape index (κ2) is 8.73. The number of nitrogens with one attached hydrogen (secondary N) is 1. The number of amides is 1. The molecule has 0 radical (unpaired) electrons. The van der Waals surface area contributed by atoms with Gasteiger partial charge in [-0.1, -0.05) is 13.0 Å². The quantitative estimate of drug-likeness (QED) is 0.781. The Morgan fingerprint density at radius 3 is 2.60 bits per heavy atom. The molecule has 2 aromatic rings. The molecule has 0 aliphatic heterocycles. The summed E-state index contributed by atoms with van der Waals surface area (Å²) in [7, 11) is -2.11. The monoisotopic (exact) mass is 361 g/mol. The molecule has 25 heavy (non-hydrogen) atoms. The zero-order chi connectivity index (χ0) is 18.3. The lowest BCUT2D eigenvalue weighted by molar-refractivity contribution is 0.0953. The van der Waals surface area contributed by atoms with Gasteiger partial charge in [0.25, 0.3) is 5.91 Å². The Kier molecular flexibility index (Phi) is 6.66. The third-order valence-electron chi connectivity index (χ3n) is 3.80. The minimum atomic E-state index is -3.65. The van der Waals surface area contributed by atoms with E-state index in [0.717, 1.165) is 12.0 Å². The zero-order valence-corrected chi connectivity index (χ0v) is 15.3. The number of carbonyl (C=O) groups is 1. The van der Waals surface area contributed by atoms with Crippen molar-refractivity contribution in [2.75, 3.05) is 20.1 Å². The highest BCUT2D eigenvalue weighted by Gasteiger charge is 2.21. The van der Waals surface area contributed by atoms with Gasteiger partial charge in [-0.05, 0) is 48.7 Å². The first-order chi connectivity index (χ1) is 11.9. The van der Waals surface area contributed by atoms with E-state index < -0.39 is 10.0 Å². The van der Waals surface area contributed by atoms with E-state index in [9.17, 15) is 13.2 Å². The molecule has 1 heterocycles. The number of nitrogens with zero attached hydrogens (tertiary/aromatic N) is 2. The first-order valence-electron chi connectivity index (χ1n) is 8.18. The maximum atomic E-state index is 12.7. The van der Waals surface area contributed by atoms with Crippen LogP contribution in [0.1, 0.15) is 29.3 Å². The van der Waals surface area contributed by atoms with Gasteiger partial charge in [0, 0.05) is 38.1 Å². The van der Waals surface area contributed by atoms with Crippen molar-refractivity contribution in [2.45, 2.75) is 24.7 Å². The Bertz CT molecular complexity index is 807. The molecule has 1 aromatic carbocycles. The maximum absolute atomic E-state index is 12.7. The van der Waals surface area contributed by atoms with Crippen LogP contribution < -0.4 is 5.32 Å². The van der Waals surface area contributed by atoms with Crippen molar-refractivity contribution in [1.82, 2.24) is 14.6 Å². The topological polar surface area (TPSA) is 79.4 Å². The summed E-state index contributed by atoms with van der Waals surface area (Å²) in [6.07, 6.45) is 4.78. The summed E-state index contributed by atoms with van der Waals surface area (Å²) in [6.45, 7) is 2.86. The number of hydrogen-bond acceptors (Lipinski definition) is 4. The highest BCUT2D eigenvalue weighted by Crippen LogP contribution is 2.16. The molecule has 1 N–H and O–H groups in total. The van der Waals surface area contributed by atoms with Gasteiger partial charge in [-0.2, -0.15) is 0 Å². The number of aromatic nitrogens is 1. The van der Waals surface area contributed by atoms with Crippen LogP contribution in [0.2, 0.25) is 0 Å². The molecule has 0 aliphatic rings. The first kappa shape index (κ1) is 19.1. The Morgan fingerprint density at radius 2 is 1.92 bits per heavy atom. The van der Waals surface area contributed by atoms with Gasteiger partial charge in [0.05, 0.1) is 4.90 Å². The summed E-state index contributed by atoms with van der Waals surface area (Å²) in [5.41, 5.74) is 1.36. The van der Waals surface area contributed by atoms with E-state index in [-0.39, 0.29) is 10.8 Å². The van der Waals surface area contributed by atoms with Crippen molar-refractivity contribution >= 4 is 15.9 Å². The number of pyridine rings is 1. The molecule has 1 amide bonds. The predicted molar refractivity (Wildman–Crippen MR) is 96.8 cm³/mol. The van der Waals surface area contributed by atoms with Crippen molar-refractivity contribution < 1.29 is 13.2 Å². The maximum Gasteiger partial charge on any atom is 0.251 e. The Balaban J connectivity index is 2.11. The van der Waals surface area contributed by atoms with Gasteiger partial charge in [0.15, 0.2) is 0 Å². The number of likely N-dealkylation sites (N-methyl/N-ethyl adjacent to an activating group) is 1. The molecule has 0 unspecified atom stereocenters. The standard InChI is InChI=1S/C18H23N3O3S/c1-3-10-20-18(22)16-5-4-6-17(14-16)25(23,24)21(2)13-9-15-7-11-19-12-8-15/h4-8,11-12,14H,3,9-10,13H2,1-2H3,(H,20,22). The van der Waals surface area contributed by atoms with Gasteiger partial charge < -0.3 is 5.32 Å². The zero-order valence-electron chi connectivity index (χ0n) is 14.5. The van der Waals surface area contributed by atoms with E-state index in [1.165, 1.54) is 16.4 Å². The highest BCUT2D eigenvalue weighted by molar-refractivity contribution is 7.89. The fourth-order valence-corrected chi connectivity index (χ4v) is 3.49. The molecule has 0 saturated heterocycles. The van der Waals surface area contributed by atoms with Crippen molar-refractivity contribution in [3.05, 3.63) is 59.9 Å². The van der Waals surface area contributed by atoms with Gasteiger partial charge in [-0.15, -0.1) is 0 Å². The summed E-state index contributed by atoms with van der Waals surface area (Å²) in [5, 5.41) is 2.75. The molecule has 0 spiro atoms. The van der Waals surface area contributed by atoms with E-state index in [2.05, 4.69) is 10.3 Å². The van der Waals surface area contributed by atoms with Crippen LogP contribution in [0.5, 0.6) is 0 Å². The minimum absolute atomic E-state index is 0.119. The molecule has 0 fully saturated rings. The predicted octanol–water partition coefficient (Wildman–Crippen LogP) is 2.08. The van der Waals surface area contributed by atoms with Crippen molar-refractivity contribution in [3.63, 3.8) is 0 Å². The largest absolute Gasteiger partial charge is 0.352 e. The lowest BCUT2D eigenvalue weighted by Crippen LogP contribution is -2.29. The second-order valence-electron chi connectivity index (χ2n) is 5.72. The molecular formula is C18H23N3O3S. The van der Waals surface area contributed by atoms with Gasteiger partial charge in [0.1, 0.15) is 0 Å². The Labute approximate surface area is 148 Å². The van der Waals surface area contributed by atoms with Gasteiger partial charge >= 0.3 is 0 Å². The van der Waals surface area contributed by atoms with Crippen LogP contribution in [0.25, 0.3) is 0 Å². The van der Waals surface area contributed by atoms with Gasteiger partial charge in [0.2, 0.25) is 10.0 Å². The van der Waals surface area contributed by atoms with Crippen LogP contribution in [-0.4, -0.2) is 43.8 Å². The summed E-state index contributed by atoms with van der Waals surface area (Å²) in [4.78, 5) is 16.1. The number of hydrogen-bond donors (Lipinski definition) is 1. The molecule has 134 valence electrons. The molecular weight excluding hydrogens is 338 g/mol. The molecule has 0 atom stereocenters. The SMILES string of the molecule is CCCNC(=O)c1cccc(S(=O)(=O)N(C)CCc2ccncc2)c1. The fourth-order valence-electron chi connectivity index (χ4n) is 2.27. The van der Waals surface area contributed by atoms with E-state index in [4.69, 9.17) is 0 Å². The number of rotatable bonds is 8. The summed E-state index contributed by atoms with van der Waals surface area (Å²) in [5.74, 6) is -0.265. The van der Waals surface area contributed by atoms with Crippen molar-refractivity contribution in [3.8, 4) is 0 Å². The molecule has 0 bridgehead atoms. The first-order valence-corrected chi connectivity index (χ1v) is 9.62. The van der Waals surface area contributed by atoms with Crippen LogP contribution in [0.3, 0.4) is 0 Å². The lowest BCUT2D eigenvalue weighted by atomic mass is 10.2. The third kappa shape index (κ3) is 5.11. The number of sulfonamides is 1. The van der Waals surface area contributed by atoms with Crippen molar-refractivity contribution in [2.24, 2.45) is 0 Å². The van der Waals surface area contributed by atoms with Gasteiger partial charge in [-0.25, -0.2) is 12.7 Å². The van der Waals surface area contributed by atoms with E-state index in [0.29, 0.717) is 25.1 Å². The van der Waals surface area contributed by atoms with E-state index in [1.807, 2.05) is 19.1 Å². The molecule has 2 rings (SSSR count). The van der Waals surface area contributed by atoms with Crippen LogP contribution >= 0.6 is 0 Å². The smallest absolute Gasteiger partial charge is 0.251 e. The van der Waals surface area contributed by atoms with E-state index in [1.54, 1.807) is 31.6 Å². The molecule has 0 aliphatic carbocycles. The molecule has 1 aromatic heterocycles.